The van der Waals surface area contributed by atoms with Gasteiger partial charge >= 0.3 is 5.97 Å². The summed E-state index contributed by atoms with van der Waals surface area (Å²) in [6.07, 6.45) is 0.498. The van der Waals surface area contributed by atoms with Crippen LogP contribution in [0.4, 0.5) is 0 Å². The summed E-state index contributed by atoms with van der Waals surface area (Å²) in [6.45, 7) is 11.1. The lowest BCUT2D eigenvalue weighted by atomic mass is 10.1. The second-order valence-corrected chi connectivity index (χ2v) is 8.32. The maximum atomic E-state index is 13.0. The number of halogens is 2. The summed E-state index contributed by atoms with van der Waals surface area (Å²) >= 11 is 12.1. The smallest absolute Gasteiger partial charge is 0.341 e. The van der Waals surface area contributed by atoms with Crippen molar-refractivity contribution in [3.63, 3.8) is 0 Å². The van der Waals surface area contributed by atoms with Gasteiger partial charge < -0.3 is 14.6 Å². The van der Waals surface area contributed by atoms with Crippen LogP contribution < -0.4 is 0 Å². The van der Waals surface area contributed by atoms with Gasteiger partial charge in [0.2, 0.25) is 0 Å². The zero-order valence-corrected chi connectivity index (χ0v) is 19.4. The number of rotatable bonds is 8. The number of nitrogens with one attached hydrogen (secondary N) is 1. The summed E-state index contributed by atoms with van der Waals surface area (Å²) in [5, 5.41) is 1.82. The van der Waals surface area contributed by atoms with E-state index in [-0.39, 0.29) is 5.97 Å². The number of hydrogen-bond acceptors (Lipinski definition) is 3. The summed E-state index contributed by atoms with van der Waals surface area (Å²) < 4.78 is 5.77. The number of ether oxygens (including phenoxy) is 1. The molecule has 0 aliphatic rings. The van der Waals surface area contributed by atoms with E-state index in [1.165, 1.54) is 5.56 Å². The quantitative estimate of drug-likeness (QED) is 0.397. The molecule has 0 aliphatic carbocycles. The molecule has 30 heavy (non-hydrogen) atoms. The highest BCUT2D eigenvalue weighted by molar-refractivity contribution is 6.42. The number of benzene rings is 2. The zero-order chi connectivity index (χ0) is 21.8. The lowest BCUT2D eigenvalue weighted by Crippen LogP contribution is -2.25. The van der Waals surface area contributed by atoms with Gasteiger partial charge in [0.05, 0.1) is 15.6 Å². The van der Waals surface area contributed by atoms with Crippen molar-refractivity contribution in [2.75, 3.05) is 19.6 Å². The highest BCUT2D eigenvalue weighted by Crippen LogP contribution is 2.30. The molecule has 160 valence electrons. The number of H-pyrrole nitrogens is 1. The average Bonchev–Trinajstić information content (AvgIpc) is 3.05. The number of aryl methyl sites for hydroxylation is 1. The molecule has 0 fully saturated rings. The first kappa shape index (κ1) is 22.7. The summed E-state index contributed by atoms with van der Waals surface area (Å²) in [6, 6.07) is 11.5. The highest BCUT2D eigenvalue weighted by Gasteiger charge is 2.21. The van der Waals surface area contributed by atoms with Crippen molar-refractivity contribution in [3.8, 4) is 0 Å². The van der Waals surface area contributed by atoms with Gasteiger partial charge in [-0.1, -0.05) is 49.2 Å². The third kappa shape index (κ3) is 5.00. The van der Waals surface area contributed by atoms with Crippen molar-refractivity contribution >= 4 is 40.1 Å². The van der Waals surface area contributed by atoms with Gasteiger partial charge in [-0.2, -0.15) is 0 Å². The van der Waals surface area contributed by atoms with E-state index in [2.05, 4.69) is 35.9 Å². The van der Waals surface area contributed by atoms with Gasteiger partial charge in [-0.25, -0.2) is 4.79 Å². The van der Waals surface area contributed by atoms with Crippen LogP contribution >= 0.6 is 23.2 Å². The van der Waals surface area contributed by atoms with Crippen LogP contribution in [-0.4, -0.2) is 35.5 Å². The predicted molar refractivity (Wildman–Crippen MR) is 125 cm³/mol. The topological polar surface area (TPSA) is 45.3 Å². The van der Waals surface area contributed by atoms with Gasteiger partial charge in [0, 0.05) is 23.1 Å². The molecular weight excluding hydrogens is 419 g/mol. The fraction of sp³-hybridized carbons (Fsp3) is 0.375. The molecular formula is C24H28Cl2N2O2. The molecule has 0 spiro atoms. The Bertz CT molecular complexity index is 1040. The van der Waals surface area contributed by atoms with E-state index >= 15 is 0 Å². The Kier molecular flexibility index (Phi) is 7.45. The van der Waals surface area contributed by atoms with E-state index in [0.29, 0.717) is 15.6 Å². The van der Waals surface area contributed by atoms with E-state index in [0.717, 1.165) is 48.2 Å². The molecule has 0 saturated heterocycles. The SMILES string of the molecule is CCN(CC)CCc1ccc2[nH]c(C)c(C(=O)OC(C)c3ccc(Cl)c(Cl)c3)c2c1. The maximum Gasteiger partial charge on any atom is 0.341 e. The molecule has 3 rings (SSSR count). The molecule has 1 unspecified atom stereocenters. The highest BCUT2D eigenvalue weighted by atomic mass is 35.5. The maximum absolute atomic E-state index is 13.0. The summed E-state index contributed by atoms with van der Waals surface area (Å²) in [7, 11) is 0. The largest absolute Gasteiger partial charge is 0.454 e. The molecule has 6 heteroatoms. The standard InChI is InChI=1S/C24H28Cl2N2O2/c1-5-28(6-2)12-11-17-7-10-22-19(13-17)23(15(3)27-22)24(29)30-16(4)18-8-9-20(25)21(26)14-18/h7-10,13-14,16,27H,5-6,11-12H2,1-4H3. The van der Waals surface area contributed by atoms with Crippen molar-refractivity contribution in [2.45, 2.75) is 40.2 Å². The van der Waals surface area contributed by atoms with E-state index in [4.69, 9.17) is 27.9 Å². The Morgan fingerprint density at radius 3 is 2.50 bits per heavy atom. The van der Waals surface area contributed by atoms with Crippen molar-refractivity contribution in [2.24, 2.45) is 0 Å². The Morgan fingerprint density at radius 2 is 1.83 bits per heavy atom. The average molecular weight is 447 g/mol. The van der Waals surface area contributed by atoms with Crippen LogP contribution in [0.15, 0.2) is 36.4 Å². The molecule has 0 aliphatic heterocycles. The van der Waals surface area contributed by atoms with Gasteiger partial charge in [0.1, 0.15) is 6.10 Å². The number of aromatic nitrogens is 1. The zero-order valence-electron chi connectivity index (χ0n) is 17.9. The Labute approximate surface area is 188 Å². The van der Waals surface area contributed by atoms with Gasteiger partial charge in [-0.05, 0) is 68.8 Å². The van der Waals surface area contributed by atoms with Crippen LogP contribution in [0, 0.1) is 6.92 Å². The van der Waals surface area contributed by atoms with E-state index < -0.39 is 6.10 Å². The molecule has 1 N–H and O–H groups in total. The third-order valence-electron chi connectivity index (χ3n) is 5.56. The number of esters is 1. The van der Waals surface area contributed by atoms with Crippen molar-refractivity contribution < 1.29 is 9.53 Å². The number of hydrogen-bond donors (Lipinski definition) is 1. The van der Waals surface area contributed by atoms with E-state index in [1.807, 2.05) is 26.0 Å². The van der Waals surface area contributed by atoms with Gasteiger partial charge in [0.15, 0.2) is 0 Å². The monoisotopic (exact) mass is 446 g/mol. The van der Waals surface area contributed by atoms with E-state index in [9.17, 15) is 4.79 Å². The molecule has 0 radical (unpaired) electrons. The van der Waals surface area contributed by atoms with E-state index in [1.54, 1.807) is 12.1 Å². The number of likely N-dealkylation sites (N-methyl/N-ethyl adjacent to an activating group) is 1. The normalized spacial score (nSPS) is 12.5. The van der Waals surface area contributed by atoms with Gasteiger partial charge in [-0.15, -0.1) is 0 Å². The summed E-state index contributed by atoms with van der Waals surface area (Å²) in [5.74, 6) is -0.349. The molecule has 1 atom stereocenters. The van der Waals surface area contributed by atoms with Crippen LogP contribution in [0.3, 0.4) is 0 Å². The number of nitrogens with zero attached hydrogens (tertiary/aromatic N) is 1. The fourth-order valence-corrected chi connectivity index (χ4v) is 3.98. The Morgan fingerprint density at radius 1 is 1.10 bits per heavy atom. The van der Waals surface area contributed by atoms with Crippen LogP contribution in [0.1, 0.15) is 54.1 Å². The molecule has 1 heterocycles. The predicted octanol–water partition coefficient (Wildman–Crippen LogP) is 6.59. The van der Waals surface area contributed by atoms with Crippen molar-refractivity contribution in [1.29, 1.82) is 0 Å². The Hall–Kier alpha value is -2.01. The number of carbonyl (C=O) groups excluding carboxylic acids is 1. The molecule has 4 nitrogen and oxygen atoms in total. The van der Waals surface area contributed by atoms with Gasteiger partial charge in [-0.3, -0.25) is 0 Å². The first-order valence-electron chi connectivity index (χ1n) is 10.3. The first-order chi connectivity index (χ1) is 14.3. The number of carbonyl (C=O) groups is 1. The lowest BCUT2D eigenvalue weighted by Gasteiger charge is -2.17. The number of fused-ring (bicyclic) bond motifs is 1. The van der Waals surface area contributed by atoms with Crippen LogP contribution in [0.25, 0.3) is 10.9 Å². The minimum Gasteiger partial charge on any atom is -0.454 e. The van der Waals surface area contributed by atoms with Crippen molar-refractivity contribution in [3.05, 3.63) is 68.8 Å². The minimum atomic E-state index is -0.442. The molecule has 3 aromatic rings. The molecule has 2 aromatic carbocycles. The fourth-order valence-electron chi connectivity index (χ4n) is 3.67. The third-order valence-corrected chi connectivity index (χ3v) is 6.30. The second-order valence-electron chi connectivity index (χ2n) is 7.50. The molecule has 0 amide bonds. The second kappa shape index (κ2) is 9.86. The Balaban J connectivity index is 1.83. The molecule has 1 aromatic heterocycles. The summed E-state index contributed by atoms with van der Waals surface area (Å²) in [4.78, 5) is 18.7. The first-order valence-corrected chi connectivity index (χ1v) is 11.1. The van der Waals surface area contributed by atoms with Crippen LogP contribution in [-0.2, 0) is 11.2 Å². The van der Waals surface area contributed by atoms with Crippen molar-refractivity contribution in [1.82, 2.24) is 9.88 Å². The summed E-state index contributed by atoms with van der Waals surface area (Å²) in [5.41, 5.74) is 4.34. The molecule has 0 bridgehead atoms. The molecule has 0 saturated carbocycles. The lowest BCUT2D eigenvalue weighted by molar-refractivity contribution is 0.0339. The minimum absolute atomic E-state index is 0.349. The van der Waals surface area contributed by atoms with Crippen LogP contribution in [0.2, 0.25) is 10.0 Å². The number of aromatic amines is 1. The van der Waals surface area contributed by atoms with Gasteiger partial charge in [0.25, 0.3) is 0 Å². The van der Waals surface area contributed by atoms with Crippen LogP contribution in [0.5, 0.6) is 0 Å².